The minimum Gasteiger partial charge on any atom is -0.491 e. The lowest BCUT2D eigenvalue weighted by molar-refractivity contribution is 0.0176. The molecule has 1 saturated heterocycles. The van der Waals surface area contributed by atoms with E-state index in [0.717, 1.165) is 0 Å². The third kappa shape index (κ3) is 5.94. The molecule has 4 N–H and O–H groups in total. The SMILES string of the molecule is CC(C)(C)OC(=O)N1C[C@H](Oc2cccc(N)c2)C[C@H]1COc1cccc(N)c1. The highest BCUT2D eigenvalue weighted by molar-refractivity contribution is 5.69. The van der Waals surface area contributed by atoms with E-state index < -0.39 is 5.60 Å². The maximum absolute atomic E-state index is 12.7. The van der Waals surface area contributed by atoms with E-state index in [9.17, 15) is 4.79 Å². The van der Waals surface area contributed by atoms with Gasteiger partial charge in [0.25, 0.3) is 0 Å². The Morgan fingerprint density at radius 1 is 1.07 bits per heavy atom. The number of hydrogen-bond donors (Lipinski definition) is 2. The van der Waals surface area contributed by atoms with Crippen LogP contribution in [-0.2, 0) is 4.74 Å². The van der Waals surface area contributed by atoms with Gasteiger partial charge in [-0.2, -0.15) is 0 Å². The summed E-state index contributed by atoms with van der Waals surface area (Å²) in [5.74, 6) is 1.34. The fourth-order valence-corrected chi connectivity index (χ4v) is 3.24. The zero-order valence-corrected chi connectivity index (χ0v) is 17.1. The topological polar surface area (TPSA) is 100 Å². The Hall–Kier alpha value is -3.09. The second-order valence-corrected chi connectivity index (χ2v) is 8.22. The maximum atomic E-state index is 12.7. The van der Waals surface area contributed by atoms with E-state index in [-0.39, 0.29) is 18.2 Å². The van der Waals surface area contributed by atoms with Crippen LogP contribution in [0.15, 0.2) is 48.5 Å². The van der Waals surface area contributed by atoms with Crippen molar-refractivity contribution in [2.24, 2.45) is 0 Å². The first-order valence-electron chi connectivity index (χ1n) is 9.70. The molecule has 0 aliphatic carbocycles. The normalized spacial score (nSPS) is 19.1. The molecule has 1 heterocycles. The minimum absolute atomic E-state index is 0.182. The third-order valence-electron chi connectivity index (χ3n) is 4.47. The number of hydrogen-bond acceptors (Lipinski definition) is 6. The number of likely N-dealkylation sites (tertiary alicyclic amines) is 1. The molecule has 1 aliphatic rings. The molecule has 3 rings (SSSR count). The van der Waals surface area contributed by atoms with Crippen molar-refractivity contribution in [1.29, 1.82) is 0 Å². The fourth-order valence-electron chi connectivity index (χ4n) is 3.24. The van der Waals surface area contributed by atoms with Crippen LogP contribution in [0.4, 0.5) is 16.2 Å². The summed E-state index contributed by atoms with van der Waals surface area (Å²) in [4.78, 5) is 14.4. The molecule has 0 unspecified atom stereocenters. The number of carbonyl (C=O) groups excluding carboxylic acids is 1. The van der Waals surface area contributed by atoms with Crippen LogP contribution in [-0.4, -0.2) is 41.9 Å². The lowest BCUT2D eigenvalue weighted by Gasteiger charge is -2.28. The van der Waals surface area contributed by atoms with Crippen LogP contribution in [0.5, 0.6) is 11.5 Å². The number of benzene rings is 2. The molecule has 2 aromatic rings. The van der Waals surface area contributed by atoms with Gasteiger partial charge in [0.2, 0.25) is 0 Å². The van der Waals surface area contributed by atoms with E-state index in [1.807, 2.05) is 45.0 Å². The molecule has 156 valence electrons. The molecule has 1 fully saturated rings. The Balaban J connectivity index is 1.70. The number of ether oxygens (including phenoxy) is 3. The molecule has 7 heteroatoms. The molecule has 0 aromatic heterocycles. The summed E-state index contributed by atoms with van der Waals surface area (Å²) < 4.78 is 17.5. The first-order chi connectivity index (χ1) is 13.7. The third-order valence-corrected chi connectivity index (χ3v) is 4.47. The second kappa shape index (κ2) is 8.51. The van der Waals surface area contributed by atoms with Gasteiger partial charge < -0.3 is 25.7 Å². The standard InChI is InChI=1S/C22H29N3O4/c1-22(2,3)29-21(26)25-13-20(28-19-9-5-7-16(24)11-19)12-17(25)14-27-18-8-4-6-15(23)10-18/h4-11,17,20H,12-14,23-24H2,1-3H3/t17-,20+/m0/s1. The Bertz CT molecular complexity index is 850. The van der Waals surface area contributed by atoms with Crippen molar-refractivity contribution < 1.29 is 19.0 Å². The summed E-state index contributed by atoms with van der Waals surface area (Å²) >= 11 is 0. The Morgan fingerprint density at radius 2 is 1.69 bits per heavy atom. The van der Waals surface area contributed by atoms with E-state index in [2.05, 4.69) is 0 Å². The van der Waals surface area contributed by atoms with Gasteiger partial charge in [0.05, 0.1) is 12.6 Å². The van der Waals surface area contributed by atoms with Crippen molar-refractivity contribution in [3.05, 3.63) is 48.5 Å². The minimum atomic E-state index is -0.580. The summed E-state index contributed by atoms with van der Waals surface area (Å²) in [5.41, 5.74) is 12.3. The predicted octanol–water partition coefficient (Wildman–Crippen LogP) is 3.69. The zero-order chi connectivity index (χ0) is 21.0. The van der Waals surface area contributed by atoms with Gasteiger partial charge in [0.1, 0.15) is 29.8 Å². The molecule has 29 heavy (non-hydrogen) atoms. The van der Waals surface area contributed by atoms with Crippen molar-refractivity contribution in [2.45, 2.75) is 44.9 Å². The van der Waals surface area contributed by atoms with Crippen LogP contribution >= 0.6 is 0 Å². The molecule has 2 aromatic carbocycles. The smallest absolute Gasteiger partial charge is 0.410 e. The Labute approximate surface area is 171 Å². The fraction of sp³-hybridized carbons (Fsp3) is 0.409. The molecule has 0 saturated carbocycles. The van der Waals surface area contributed by atoms with E-state index in [1.165, 1.54) is 0 Å². The monoisotopic (exact) mass is 399 g/mol. The van der Waals surface area contributed by atoms with E-state index in [4.69, 9.17) is 25.7 Å². The quantitative estimate of drug-likeness (QED) is 0.744. The van der Waals surface area contributed by atoms with Gasteiger partial charge in [-0.15, -0.1) is 0 Å². The van der Waals surface area contributed by atoms with Gasteiger partial charge in [0, 0.05) is 29.9 Å². The van der Waals surface area contributed by atoms with Crippen molar-refractivity contribution in [3.8, 4) is 11.5 Å². The van der Waals surface area contributed by atoms with Gasteiger partial charge in [-0.3, -0.25) is 4.90 Å². The summed E-state index contributed by atoms with van der Waals surface area (Å²) in [6.45, 7) is 6.27. The van der Waals surface area contributed by atoms with Crippen molar-refractivity contribution in [1.82, 2.24) is 4.90 Å². The lowest BCUT2D eigenvalue weighted by Crippen LogP contribution is -2.42. The van der Waals surface area contributed by atoms with Crippen molar-refractivity contribution in [2.75, 3.05) is 24.6 Å². The number of nitrogens with zero attached hydrogens (tertiary/aromatic N) is 1. The second-order valence-electron chi connectivity index (χ2n) is 8.22. The summed E-state index contributed by atoms with van der Waals surface area (Å²) in [5, 5.41) is 0. The largest absolute Gasteiger partial charge is 0.491 e. The number of amides is 1. The summed E-state index contributed by atoms with van der Waals surface area (Å²) in [7, 11) is 0. The average Bonchev–Trinajstić information content (AvgIpc) is 3.01. The molecule has 1 aliphatic heterocycles. The van der Waals surface area contributed by atoms with E-state index in [1.54, 1.807) is 29.2 Å². The molecule has 2 atom stereocenters. The number of rotatable bonds is 5. The highest BCUT2D eigenvalue weighted by Crippen LogP contribution is 2.27. The van der Waals surface area contributed by atoms with E-state index in [0.29, 0.717) is 42.4 Å². The molecular weight excluding hydrogens is 370 g/mol. The number of anilines is 2. The van der Waals surface area contributed by atoms with Crippen LogP contribution in [0, 0.1) is 0 Å². The van der Waals surface area contributed by atoms with Gasteiger partial charge in [-0.1, -0.05) is 12.1 Å². The molecular formula is C22H29N3O4. The summed E-state index contributed by atoms with van der Waals surface area (Å²) in [6, 6.07) is 14.3. The van der Waals surface area contributed by atoms with Crippen molar-refractivity contribution in [3.63, 3.8) is 0 Å². The van der Waals surface area contributed by atoms with Crippen LogP contribution in [0.2, 0.25) is 0 Å². The first kappa shape index (κ1) is 20.6. The highest BCUT2D eigenvalue weighted by Gasteiger charge is 2.39. The van der Waals surface area contributed by atoms with Crippen LogP contribution in [0.3, 0.4) is 0 Å². The molecule has 0 radical (unpaired) electrons. The Morgan fingerprint density at radius 3 is 2.31 bits per heavy atom. The van der Waals surface area contributed by atoms with Gasteiger partial charge in [0.15, 0.2) is 0 Å². The van der Waals surface area contributed by atoms with Crippen LogP contribution in [0.1, 0.15) is 27.2 Å². The predicted molar refractivity (Wildman–Crippen MR) is 113 cm³/mol. The van der Waals surface area contributed by atoms with Crippen LogP contribution < -0.4 is 20.9 Å². The molecule has 0 bridgehead atoms. The summed E-state index contributed by atoms with van der Waals surface area (Å²) in [6.07, 6.45) is 0.0622. The molecule has 7 nitrogen and oxygen atoms in total. The lowest BCUT2D eigenvalue weighted by atomic mass is 10.2. The molecule has 0 spiro atoms. The molecule has 1 amide bonds. The van der Waals surface area contributed by atoms with Gasteiger partial charge >= 0.3 is 6.09 Å². The van der Waals surface area contributed by atoms with Crippen LogP contribution in [0.25, 0.3) is 0 Å². The number of nitrogen functional groups attached to an aromatic ring is 2. The average molecular weight is 399 g/mol. The van der Waals surface area contributed by atoms with Gasteiger partial charge in [-0.05, 0) is 45.0 Å². The van der Waals surface area contributed by atoms with E-state index >= 15 is 0 Å². The Kier molecular flexibility index (Phi) is 6.06. The maximum Gasteiger partial charge on any atom is 0.410 e. The van der Waals surface area contributed by atoms with Gasteiger partial charge in [-0.25, -0.2) is 4.79 Å². The number of nitrogens with two attached hydrogens (primary N) is 2. The zero-order valence-electron chi connectivity index (χ0n) is 17.1. The first-order valence-corrected chi connectivity index (χ1v) is 9.70. The highest BCUT2D eigenvalue weighted by atomic mass is 16.6. The number of carbonyl (C=O) groups is 1. The van der Waals surface area contributed by atoms with Crippen molar-refractivity contribution >= 4 is 17.5 Å².